The van der Waals surface area contributed by atoms with Crippen LogP contribution in [-0.4, -0.2) is 58.6 Å². The van der Waals surface area contributed by atoms with Crippen molar-refractivity contribution in [2.75, 3.05) is 26.2 Å². The molecule has 1 atom stereocenters. The van der Waals surface area contributed by atoms with E-state index in [9.17, 15) is 9.59 Å². The lowest BCUT2D eigenvalue weighted by atomic mass is 9.93. The number of H-pyrrole nitrogens is 1. The first kappa shape index (κ1) is 13.6. The van der Waals surface area contributed by atoms with Crippen LogP contribution >= 0.6 is 11.3 Å². The van der Waals surface area contributed by atoms with Crippen LogP contribution in [0.15, 0.2) is 17.5 Å². The monoisotopic (exact) mass is 319 g/mol. The van der Waals surface area contributed by atoms with Gasteiger partial charge in [0.25, 0.3) is 5.91 Å². The summed E-state index contributed by atoms with van der Waals surface area (Å²) >= 11 is 1.62. The number of aromatic amines is 1. The summed E-state index contributed by atoms with van der Waals surface area (Å²) < 4.78 is 6.30. The molecule has 0 aromatic carbocycles. The number of ether oxygens (including phenoxy) is 1. The van der Waals surface area contributed by atoms with E-state index < -0.39 is 0 Å². The van der Waals surface area contributed by atoms with Crippen molar-refractivity contribution >= 4 is 33.6 Å². The quantitative estimate of drug-likeness (QED) is 0.923. The first-order valence-corrected chi connectivity index (χ1v) is 8.31. The number of thiophene rings is 1. The van der Waals surface area contributed by atoms with Crippen LogP contribution < -0.4 is 0 Å². The highest BCUT2D eigenvalue weighted by atomic mass is 32.1. The SMILES string of the molecule is CCC12COC(=O)N1CCN(C(=O)c1cc3sccc3[nH]1)C2. The summed E-state index contributed by atoms with van der Waals surface area (Å²) in [6.07, 6.45) is 0.525. The molecule has 2 saturated heterocycles. The van der Waals surface area contributed by atoms with E-state index in [4.69, 9.17) is 4.74 Å². The minimum absolute atomic E-state index is 0.00442. The first-order valence-electron chi connectivity index (χ1n) is 7.43. The number of fused-ring (bicyclic) bond motifs is 2. The molecular formula is C15H17N3O3S. The van der Waals surface area contributed by atoms with Gasteiger partial charge < -0.3 is 14.6 Å². The molecule has 0 aliphatic carbocycles. The second-order valence-electron chi connectivity index (χ2n) is 5.89. The van der Waals surface area contributed by atoms with Gasteiger partial charge >= 0.3 is 6.09 Å². The number of hydrogen-bond acceptors (Lipinski definition) is 4. The van der Waals surface area contributed by atoms with Gasteiger partial charge in [-0.25, -0.2) is 4.79 Å². The third kappa shape index (κ3) is 1.85. The van der Waals surface area contributed by atoms with E-state index >= 15 is 0 Å². The van der Waals surface area contributed by atoms with Gasteiger partial charge in [-0.2, -0.15) is 0 Å². The maximum atomic E-state index is 12.8. The van der Waals surface area contributed by atoms with Gasteiger partial charge in [-0.15, -0.1) is 11.3 Å². The lowest BCUT2D eigenvalue weighted by Gasteiger charge is -2.44. The van der Waals surface area contributed by atoms with Crippen LogP contribution in [0.5, 0.6) is 0 Å². The molecule has 1 N–H and O–H groups in total. The van der Waals surface area contributed by atoms with Crippen molar-refractivity contribution in [3.8, 4) is 0 Å². The molecule has 0 bridgehead atoms. The predicted octanol–water partition coefficient (Wildman–Crippen LogP) is 2.29. The summed E-state index contributed by atoms with van der Waals surface area (Å²) in [6, 6.07) is 3.88. The molecule has 0 saturated carbocycles. The second kappa shape index (κ2) is 4.74. The Morgan fingerprint density at radius 2 is 2.36 bits per heavy atom. The molecular weight excluding hydrogens is 302 g/mol. The molecule has 2 aliphatic rings. The van der Waals surface area contributed by atoms with E-state index in [1.165, 1.54) is 0 Å². The summed E-state index contributed by atoms with van der Waals surface area (Å²) in [4.78, 5) is 31.3. The standard InChI is InChI=1S/C15H17N3O3S/c1-2-15-8-17(4-5-18(15)14(20)21-9-15)13(19)11-7-12-10(16-11)3-6-22-12/h3,6-7,16H,2,4-5,8-9H2,1H3. The van der Waals surface area contributed by atoms with Crippen molar-refractivity contribution in [1.29, 1.82) is 0 Å². The summed E-state index contributed by atoms with van der Waals surface area (Å²) in [7, 11) is 0. The molecule has 2 fully saturated rings. The Balaban J connectivity index is 1.59. The number of nitrogens with one attached hydrogen (secondary N) is 1. The minimum atomic E-state index is -0.366. The van der Waals surface area contributed by atoms with Gasteiger partial charge in [0.15, 0.2) is 0 Å². The van der Waals surface area contributed by atoms with Crippen LogP contribution in [0.1, 0.15) is 23.8 Å². The molecule has 2 aliphatic heterocycles. The van der Waals surface area contributed by atoms with E-state index in [0.717, 1.165) is 16.6 Å². The van der Waals surface area contributed by atoms with Crippen molar-refractivity contribution in [2.45, 2.75) is 18.9 Å². The Bertz CT molecular complexity index is 724. The van der Waals surface area contributed by atoms with Crippen LogP contribution in [-0.2, 0) is 4.74 Å². The number of rotatable bonds is 2. The van der Waals surface area contributed by atoms with E-state index in [1.807, 2.05) is 29.3 Å². The van der Waals surface area contributed by atoms with Gasteiger partial charge in [-0.05, 0) is 23.9 Å². The molecule has 4 heterocycles. The Morgan fingerprint density at radius 3 is 3.14 bits per heavy atom. The normalized spacial score (nSPS) is 24.7. The van der Waals surface area contributed by atoms with Gasteiger partial charge in [0.05, 0.1) is 15.8 Å². The number of aromatic nitrogens is 1. The zero-order valence-corrected chi connectivity index (χ0v) is 13.1. The van der Waals surface area contributed by atoms with Gasteiger partial charge in [-0.1, -0.05) is 6.92 Å². The fraction of sp³-hybridized carbons (Fsp3) is 0.467. The minimum Gasteiger partial charge on any atom is -0.447 e. The fourth-order valence-electron chi connectivity index (χ4n) is 3.37. The van der Waals surface area contributed by atoms with Crippen molar-refractivity contribution in [3.05, 3.63) is 23.2 Å². The molecule has 7 heteroatoms. The van der Waals surface area contributed by atoms with Gasteiger partial charge in [0.1, 0.15) is 12.3 Å². The largest absolute Gasteiger partial charge is 0.447 e. The molecule has 4 rings (SSSR count). The van der Waals surface area contributed by atoms with E-state index in [1.54, 1.807) is 16.2 Å². The van der Waals surface area contributed by atoms with E-state index in [2.05, 4.69) is 4.98 Å². The fourth-order valence-corrected chi connectivity index (χ4v) is 4.15. The smallest absolute Gasteiger partial charge is 0.410 e. The highest BCUT2D eigenvalue weighted by Crippen LogP contribution is 2.32. The Morgan fingerprint density at radius 1 is 1.50 bits per heavy atom. The Labute approximate surface area is 131 Å². The molecule has 2 amide bonds. The molecule has 6 nitrogen and oxygen atoms in total. The maximum Gasteiger partial charge on any atom is 0.410 e. The van der Waals surface area contributed by atoms with Crippen molar-refractivity contribution in [1.82, 2.24) is 14.8 Å². The zero-order valence-electron chi connectivity index (χ0n) is 12.3. The third-order valence-electron chi connectivity index (χ3n) is 4.75. The summed E-state index contributed by atoms with van der Waals surface area (Å²) in [6.45, 7) is 4.01. The number of nitrogens with zero attached hydrogens (tertiary/aromatic N) is 2. The summed E-state index contributed by atoms with van der Waals surface area (Å²) in [5, 5.41) is 2.00. The maximum absolute atomic E-state index is 12.8. The Hall–Kier alpha value is -2.02. The van der Waals surface area contributed by atoms with Crippen LogP contribution in [0, 0.1) is 0 Å². The van der Waals surface area contributed by atoms with Crippen molar-refractivity contribution in [3.63, 3.8) is 0 Å². The summed E-state index contributed by atoms with van der Waals surface area (Å²) in [5.41, 5.74) is 1.25. The highest BCUT2D eigenvalue weighted by Gasteiger charge is 2.50. The van der Waals surface area contributed by atoms with E-state index in [0.29, 0.717) is 31.9 Å². The molecule has 2 aromatic rings. The van der Waals surface area contributed by atoms with E-state index in [-0.39, 0.29) is 17.5 Å². The van der Waals surface area contributed by atoms with Gasteiger partial charge in [0.2, 0.25) is 0 Å². The zero-order chi connectivity index (χ0) is 15.3. The lowest BCUT2D eigenvalue weighted by molar-refractivity contribution is 0.0358. The molecule has 116 valence electrons. The lowest BCUT2D eigenvalue weighted by Crippen LogP contribution is -2.62. The number of carbonyl (C=O) groups excluding carboxylic acids is 2. The van der Waals surface area contributed by atoms with Crippen LogP contribution in [0.25, 0.3) is 10.2 Å². The number of carbonyl (C=O) groups is 2. The first-order chi connectivity index (χ1) is 10.6. The topological polar surface area (TPSA) is 65.6 Å². The number of cyclic esters (lactones) is 1. The van der Waals surface area contributed by atoms with Crippen LogP contribution in [0.3, 0.4) is 0 Å². The third-order valence-corrected chi connectivity index (χ3v) is 5.62. The van der Waals surface area contributed by atoms with Crippen LogP contribution in [0.2, 0.25) is 0 Å². The molecule has 2 aromatic heterocycles. The van der Waals surface area contributed by atoms with Gasteiger partial charge in [0, 0.05) is 19.6 Å². The average Bonchev–Trinajstić information content (AvgIpc) is 3.20. The van der Waals surface area contributed by atoms with Gasteiger partial charge in [-0.3, -0.25) is 9.69 Å². The summed E-state index contributed by atoms with van der Waals surface area (Å²) in [5.74, 6) is -0.00442. The molecule has 0 radical (unpaired) electrons. The highest BCUT2D eigenvalue weighted by molar-refractivity contribution is 7.17. The molecule has 0 spiro atoms. The number of piperazine rings is 1. The number of amides is 2. The molecule has 1 unspecified atom stereocenters. The predicted molar refractivity (Wildman–Crippen MR) is 83.2 cm³/mol. The number of hydrogen-bond donors (Lipinski definition) is 1. The van der Waals surface area contributed by atoms with Crippen LogP contribution in [0.4, 0.5) is 4.79 Å². The Kier molecular flexibility index (Phi) is 2.94. The van der Waals surface area contributed by atoms with Crippen molar-refractivity contribution in [2.24, 2.45) is 0 Å². The van der Waals surface area contributed by atoms with Crippen molar-refractivity contribution < 1.29 is 14.3 Å². The second-order valence-corrected chi connectivity index (χ2v) is 6.84. The average molecular weight is 319 g/mol. The molecule has 22 heavy (non-hydrogen) atoms.